The third-order valence-corrected chi connectivity index (χ3v) is 10.9. The van der Waals surface area contributed by atoms with Crippen molar-refractivity contribution >= 4 is 0 Å². The number of ether oxygens (including phenoxy) is 1. The van der Waals surface area contributed by atoms with Gasteiger partial charge in [0.05, 0.1) is 25.1 Å². The second-order valence-corrected chi connectivity index (χ2v) is 12.0. The van der Waals surface area contributed by atoms with E-state index in [2.05, 4.69) is 24.8 Å². The van der Waals surface area contributed by atoms with Gasteiger partial charge in [-0.2, -0.15) is 0 Å². The Kier molecular flexibility index (Phi) is 5.21. The van der Waals surface area contributed by atoms with Crippen molar-refractivity contribution in [2.45, 2.75) is 82.8 Å². The highest BCUT2D eigenvalue weighted by Crippen LogP contribution is 2.70. The molecule has 1 aliphatic heterocycles. The van der Waals surface area contributed by atoms with Crippen molar-refractivity contribution in [2.24, 2.45) is 22.7 Å². The van der Waals surface area contributed by atoms with Gasteiger partial charge in [-0.25, -0.2) is 4.79 Å². The average molecular weight is 454 g/mol. The molecule has 1 aromatic rings. The van der Waals surface area contributed by atoms with Crippen molar-refractivity contribution < 1.29 is 14.3 Å². The number of hydrogen-bond donors (Lipinski definition) is 1. The average Bonchev–Trinajstić information content (AvgIpc) is 3.11. The summed E-state index contributed by atoms with van der Waals surface area (Å²) in [5.41, 5.74) is 1.88. The first-order valence-corrected chi connectivity index (χ1v) is 13.2. The van der Waals surface area contributed by atoms with Crippen LogP contribution in [0.4, 0.5) is 0 Å². The van der Waals surface area contributed by atoms with Gasteiger partial charge in [-0.1, -0.05) is 25.5 Å². The van der Waals surface area contributed by atoms with Gasteiger partial charge in [-0.3, -0.25) is 4.90 Å². The highest BCUT2D eigenvalue weighted by atomic mass is 16.5. The van der Waals surface area contributed by atoms with Crippen LogP contribution in [0.1, 0.15) is 76.7 Å². The third-order valence-electron chi connectivity index (χ3n) is 10.9. The van der Waals surface area contributed by atoms with E-state index >= 15 is 0 Å². The van der Waals surface area contributed by atoms with Crippen molar-refractivity contribution in [3.05, 3.63) is 46.0 Å². The molecule has 1 N–H and O–H groups in total. The Morgan fingerprint density at radius 2 is 1.82 bits per heavy atom. The van der Waals surface area contributed by atoms with Crippen LogP contribution >= 0.6 is 0 Å². The standard InChI is InChI=1S/C28H39NO4/c1-26-10-7-21(29-13-15-32-16-14-29)17-20(26)4-5-24-23(26)8-11-27(2)22(9-12-28(24,27)31)19-3-6-25(30)33-18-19/h3,6,17-18,21-24,31H,4-5,7-16H2,1-2H3/t21-,22+,23-,24+,26-,27+,28-/m0/s1. The van der Waals surface area contributed by atoms with Crippen LogP contribution in [0, 0.1) is 22.7 Å². The van der Waals surface area contributed by atoms with Gasteiger partial charge in [0.25, 0.3) is 0 Å². The number of nitrogens with zero attached hydrogens (tertiary/aromatic N) is 1. The minimum atomic E-state index is -0.633. The summed E-state index contributed by atoms with van der Waals surface area (Å²) in [6.07, 6.45) is 13.0. The minimum absolute atomic E-state index is 0.156. The lowest BCUT2D eigenvalue weighted by molar-refractivity contribution is -0.178. The van der Waals surface area contributed by atoms with Crippen LogP contribution in [-0.2, 0) is 4.74 Å². The smallest absolute Gasteiger partial charge is 0.335 e. The van der Waals surface area contributed by atoms with Gasteiger partial charge in [0.2, 0.25) is 0 Å². The van der Waals surface area contributed by atoms with Crippen molar-refractivity contribution in [2.75, 3.05) is 26.3 Å². The lowest BCUT2D eigenvalue weighted by atomic mass is 9.45. The summed E-state index contributed by atoms with van der Waals surface area (Å²) >= 11 is 0. The first-order valence-electron chi connectivity index (χ1n) is 13.2. The molecular formula is C28H39NO4. The molecule has 3 saturated carbocycles. The molecule has 0 spiro atoms. The van der Waals surface area contributed by atoms with E-state index in [-0.39, 0.29) is 22.4 Å². The predicted octanol–water partition coefficient (Wildman–Crippen LogP) is 4.50. The highest BCUT2D eigenvalue weighted by molar-refractivity contribution is 5.31. The van der Waals surface area contributed by atoms with Gasteiger partial charge in [0.15, 0.2) is 0 Å². The van der Waals surface area contributed by atoms with Crippen LogP contribution in [0.5, 0.6) is 0 Å². The van der Waals surface area contributed by atoms with E-state index in [1.165, 1.54) is 25.3 Å². The number of morpholine rings is 1. The van der Waals surface area contributed by atoms with E-state index < -0.39 is 5.60 Å². The Bertz CT molecular complexity index is 975. The Morgan fingerprint density at radius 1 is 1.00 bits per heavy atom. The van der Waals surface area contributed by atoms with Gasteiger partial charge in [-0.15, -0.1) is 0 Å². The predicted molar refractivity (Wildman–Crippen MR) is 127 cm³/mol. The number of hydrogen-bond acceptors (Lipinski definition) is 5. The maximum atomic E-state index is 12.4. The summed E-state index contributed by atoms with van der Waals surface area (Å²) in [5.74, 6) is 1.18. The van der Waals surface area contributed by atoms with Gasteiger partial charge in [0.1, 0.15) is 0 Å². The van der Waals surface area contributed by atoms with Crippen LogP contribution in [0.2, 0.25) is 0 Å². The summed E-state index contributed by atoms with van der Waals surface area (Å²) in [5, 5.41) is 12.4. The Morgan fingerprint density at radius 3 is 2.58 bits per heavy atom. The van der Waals surface area contributed by atoms with Crippen molar-refractivity contribution in [1.82, 2.24) is 4.90 Å². The first-order chi connectivity index (χ1) is 15.8. The molecule has 4 fully saturated rings. The van der Waals surface area contributed by atoms with Crippen molar-refractivity contribution in [1.29, 1.82) is 0 Å². The third kappa shape index (κ3) is 3.18. The number of allylic oxidation sites excluding steroid dienone is 1. The fraction of sp³-hybridized carbons (Fsp3) is 0.750. The maximum Gasteiger partial charge on any atom is 0.335 e. The van der Waals surface area contributed by atoms with Crippen molar-refractivity contribution in [3.8, 4) is 0 Å². The quantitative estimate of drug-likeness (QED) is 0.668. The second kappa shape index (κ2) is 7.79. The van der Waals surface area contributed by atoms with E-state index in [9.17, 15) is 9.90 Å². The maximum absolute atomic E-state index is 12.4. The lowest BCUT2D eigenvalue weighted by Crippen LogP contribution is -2.60. The Hall–Kier alpha value is -1.43. The van der Waals surface area contributed by atoms with E-state index in [4.69, 9.17) is 9.15 Å². The summed E-state index contributed by atoms with van der Waals surface area (Å²) in [6.45, 7) is 8.65. The SMILES string of the molecule is C[C@]12CC[C@H](N3CCOCC3)C=C1CC[C@@H]1[C@@H]2CC[C@]2(C)[C@@H](c3ccc(=O)oc3)CC[C@]12O. The molecule has 5 heteroatoms. The summed E-state index contributed by atoms with van der Waals surface area (Å²) in [4.78, 5) is 14.1. The fourth-order valence-corrected chi connectivity index (χ4v) is 8.98. The normalized spacial score (nSPS) is 45.6. The molecule has 1 aromatic heterocycles. The van der Waals surface area contributed by atoms with Crippen LogP contribution in [0.3, 0.4) is 0 Å². The van der Waals surface area contributed by atoms with E-state index in [0.717, 1.165) is 64.0 Å². The summed E-state index contributed by atoms with van der Waals surface area (Å²) < 4.78 is 10.8. The molecule has 0 aromatic carbocycles. The molecule has 7 atom stereocenters. The van der Waals surface area contributed by atoms with Gasteiger partial charge < -0.3 is 14.3 Å². The topological polar surface area (TPSA) is 62.9 Å². The van der Waals surface area contributed by atoms with E-state index in [0.29, 0.717) is 17.9 Å². The Balaban J connectivity index is 1.28. The van der Waals surface area contributed by atoms with Gasteiger partial charge in [-0.05, 0) is 86.2 Å². The molecule has 1 saturated heterocycles. The monoisotopic (exact) mass is 453 g/mol. The zero-order valence-corrected chi connectivity index (χ0v) is 20.2. The van der Waals surface area contributed by atoms with Crippen LogP contribution < -0.4 is 5.63 Å². The minimum Gasteiger partial charge on any atom is -0.431 e. The molecule has 4 aliphatic carbocycles. The largest absolute Gasteiger partial charge is 0.431 e. The molecule has 0 amide bonds. The second-order valence-electron chi connectivity index (χ2n) is 12.0. The molecule has 0 radical (unpaired) electrons. The number of fused-ring (bicyclic) bond motifs is 5. The molecule has 33 heavy (non-hydrogen) atoms. The van der Waals surface area contributed by atoms with E-state index in [1.807, 2.05) is 6.07 Å². The highest BCUT2D eigenvalue weighted by Gasteiger charge is 2.66. The van der Waals surface area contributed by atoms with E-state index in [1.54, 1.807) is 11.8 Å². The zero-order valence-electron chi connectivity index (χ0n) is 20.2. The fourth-order valence-electron chi connectivity index (χ4n) is 8.98. The molecule has 5 nitrogen and oxygen atoms in total. The van der Waals surface area contributed by atoms with Crippen LogP contribution in [0.15, 0.2) is 39.3 Å². The number of rotatable bonds is 2. The van der Waals surface area contributed by atoms with Crippen LogP contribution in [0.25, 0.3) is 0 Å². The molecule has 5 aliphatic rings. The lowest BCUT2D eigenvalue weighted by Gasteiger charge is -2.62. The molecule has 6 rings (SSSR count). The molecule has 180 valence electrons. The Labute approximate surface area is 197 Å². The molecule has 2 heterocycles. The number of aliphatic hydroxyl groups is 1. The van der Waals surface area contributed by atoms with Gasteiger partial charge >= 0.3 is 5.63 Å². The van der Waals surface area contributed by atoms with Crippen LogP contribution in [-0.4, -0.2) is 48.0 Å². The summed E-state index contributed by atoms with van der Waals surface area (Å²) in [6, 6.07) is 4.03. The summed E-state index contributed by atoms with van der Waals surface area (Å²) in [7, 11) is 0. The van der Waals surface area contributed by atoms with Crippen molar-refractivity contribution in [3.63, 3.8) is 0 Å². The van der Waals surface area contributed by atoms with Gasteiger partial charge in [0, 0.05) is 30.6 Å². The molecule has 0 unspecified atom stereocenters. The molecular weight excluding hydrogens is 414 g/mol. The zero-order chi connectivity index (χ0) is 22.8. The first kappa shape index (κ1) is 22.1. The molecule has 0 bridgehead atoms.